The summed E-state index contributed by atoms with van der Waals surface area (Å²) in [6.45, 7) is 5.90. The van der Waals surface area contributed by atoms with Crippen molar-refractivity contribution in [3.05, 3.63) is 29.6 Å². The Bertz CT molecular complexity index is 337. The van der Waals surface area contributed by atoms with Crippen molar-refractivity contribution in [3.63, 3.8) is 0 Å². The van der Waals surface area contributed by atoms with Gasteiger partial charge in [0.1, 0.15) is 0 Å². The fourth-order valence-corrected chi connectivity index (χ4v) is 1.74. The van der Waals surface area contributed by atoms with Gasteiger partial charge in [0.15, 0.2) is 0 Å². The normalized spacial score (nSPS) is 15.1. The molecule has 0 spiro atoms. The average molecular weight is 234 g/mol. The molecule has 0 aliphatic heterocycles. The minimum absolute atomic E-state index is 0.876. The Morgan fingerprint density at radius 3 is 3.12 bits per heavy atom. The fourth-order valence-electron chi connectivity index (χ4n) is 1.74. The SMILES string of the molecule is Cc1ccncc1CNCCCOCC1CC1. The third-order valence-corrected chi connectivity index (χ3v) is 3.16. The van der Waals surface area contributed by atoms with Gasteiger partial charge in [-0.1, -0.05) is 0 Å². The summed E-state index contributed by atoms with van der Waals surface area (Å²) in [5.41, 5.74) is 2.59. The van der Waals surface area contributed by atoms with E-state index in [1.54, 1.807) is 0 Å². The van der Waals surface area contributed by atoms with Crippen LogP contribution in [0.15, 0.2) is 18.5 Å². The molecule has 0 unspecified atom stereocenters. The Hall–Kier alpha value is -0.930. The van der Waals surface area contributed by atoms with Gasteiger partial charge >= 0.3 is 0 Å². The van der Waals surface area contributed by atoms with Crippen LogP contribution in [-0.2, 0) is 11.3 Å². The van der Waals surface area contributed by atoms with Gasteiger partial charge in [0.2, 0.25) is 0 Å². The van der Waals surface area contributed by atoms with E-state index in [0.717, 1.165) is 38.6 Å². The lowest BCUT2D eigenvalue weighted by Gasteiger charge is -2.07. The summed E-state index contributed by atoms with van der Waals surface area (Å²) in [5.74, 6) is 0.876. The van der Waals surface area contributed by atoms with E-state index in [0.29, 0.717) is 0 Å². The second kappa shape index (κ2) is 6.72. The summed E-state index contributed by atoms with van der Waals surface area (Å²) in [4.78, 5) is 4.14. The predicted octanol–water partition coefficient (Wildman–Crippen LogP) is 2.30. The second-order valence-corrected chi connectivity index (χ2v) is 4.85. The molecule has 1 fully saturated rings. The zero-order valence-corrected chi connectivity index (χ0v) is 10.6. The first-order valence-corrected chi connectivity index (χ1v) is 6.54. The van der Waals surface area contributed by atoms with E-state index in [9.17, 15) is 0 Å². The van der Waals surface area contributed by atoms with E-state index in [2.05, 4.69) is 23.3 Å². The smallest absolute Gasteiger partial charge is 0.0494 e. The van der Waals surface area contributed by atoms with E-state index < -0.39 is 0 Å². The number of nitrogens with one attached hydrogen (secondary N) is 1. The molecule has 1 aliphatic carbocycles. The van der Waals surface area contributed by atoms with Crippen molar-refractivity contribution in [1.29, 1.82) is 0 Å². The first kappa shape index (κ1) is 12.5. The lowest BCUT2D eigenvalue weighted by molar-refractivity contribution is 0.122. The predicted molar refractivity (Wildman–Crippen MR) is 68.8 cm³/mol. The molecule has 3 heteroatoms. The Balaban J connectivity index is 1.49. The van der Waals surface area contributed by atoms with E-state index in [1.165, 1.54) is 24.0 Å². The summed E-state index contributed by atoms with van der Waals surface area (Å²) < 4.78 is 5.58. The molecule has 1 N–H and O–H groups in total. The minimum Gasteiger partial charge on any atom is -0.381 e. The van der Waals surface area contributed by atoms with Crippen LogP contribution >= 0.6 is 0 Å². The van der Waals surface area contributed by atoms with Gasteiger partial charge in [-0.15, -0.1) is 0 Å². The average Bonchev–Trinajstić information content (AvgIpc) is 3.14. The number of nitrogens with zero attached hydrogens (tertiary/aromatic N) is 1. The maximum absolute atomic E-state index is 5.58. The fraction of sp³-hybridized carbons (Fsp3) is 0.643. The molecule has 94 valence electrons. The van der Waals surface area contributed by atoms with Crippen LogP contribution in [0, 0.1) is 12.8 Å². The highest BCUT2D eigenvalue weighted by Crippen LogP contribution is 2.28. The summed E-state index contributed by atoms with van der Waals surface area (Å²) in [6, 6.07) is 2.05. The standard InChI is InChI=1S/C14H22N2O/c1-12-5-7-16-10-14(12)9-15-6-2-8-17-11-13-3-4-13/h5,7,10,13,15H,2-4,6,8-9,11H2,1H3. The number of hydrogen-bond acceptors (Lipinski definition) is 3. The van der Waals surface area contributed by atoms with Crippen molar-refractivity contribution >= 4 is 0 Å². The number of aryl methyl sites for hydroxylation is 1. The maximum atomic E-state index is 5.58. The summed E-state index contributed by atoms with van der Waals surface area (Å²) in [5, 5.41) is 3.43. The summed E-state index contributed by atoms with van der Waals surface area (Å²) in [7, 11) is 0. The van der Waals surface area contributed by atoms with Crippen molar-refractivity contribution in [3.8, 4) is 0 Å². The largest absolute Gasteiger partial charge is 0.381 e. The number of hydrogen-bond donors (Lipinski definition) is 1. The van der Waals surface area contributed by atoms with Crippen LogP contribution in [0.4, 0.5) is 0 Å². The van der Waals surface area contributed by atoms with Crippen molar-refractivity contribution in [2.75, 3.05) is 19.8 Å². The highest BCUT2D eigenvalue weighted by Gasteiger charge is 2.20. The highest BCUT2D eigenvalue weighted by atomic mass is 16.5. The molecule has 2 rings (SSSR count). The molecule has 0 aromatic carbocycles. The maximum Gasteiger partial charge on any atom is 0.0494 e. The molecule has 1 aliphatic rings. The van der Waals surface area contributed by atoms with Gasteiger partial charge in [-0.2, -0.15) is 0 Å². The number of ether oxygens (including phenoxy) is 1. The number of pyridine rings is 1. The molecule has 1 heterocycles. The van der Waals surface area contributed by atoms with Crippen LogP contribution in [-0.4, -0.2) is 24.7 Å². The van der Waals surface area contributed by atoms with Gasteiger partial charge in [0, 0.05) is 32.2 Å². The first-order valence-electron chi connectivity index (χ1n) is 6.54. The quantitative estimate of drug-likeness (QED) is 0.701. The van der Waals surface area contributed by atoms with Crippen molar-refractivity contribution < 1.29 is 4.74 Å². The zero-order valence-electron chi connectivity index (χ0n) is 10.6. The molecule has 0 radical (unpaired) electrons. The van der Waals surface area contributed by atoms with Crippen LogP contribution in [0.1, 0.15) is 30.4 Å². The third-order valence-electron chi connectivity index (χ3n) is 3.16. The molecule has 0 amide bonds. The zero-order chi connectivity index (χ0) is 11.9. The number of aromatic nitrogens is 1. The minimum atomic E-state index is 0.876. The highest BCUT2D eigenvalue weighted by molar-refractivity contribution is 5.20. The van der Waals surface area contributed by atoms with E-state index in [4.69, 9.17) is 4.74 Å². The Morgan fingerprint density at radius 1 is 1.47 bits per heavy atom. The van der Waals surface area contributed by atoms with Gasteiger partial charge in [0.25, 0.3) is 0 Å². The molecule has 0 bridgehead atoms. The van der Waals surface area contributed by atoms with Gasteiger partial charge in [-0.05, 0) is 55.8 Å². The van der Waals surface area contributed by atoms with Gasteiger partial charge in [-0.25, -0.2) is 0 Å². The molecule has 0 atom stereocenters. The molecule has 1 aromatic heterocycles. The van der Waals surface area contributed by atoms with Crippen LogP contribution in [0.2, 0.25) is 0 Å². The topological polar surface area (TPSA) is 34.2 Å². The molecule has 3 nitrogen and oxygen atoms in total. The van der Waals surface area contributed by atoms with Gasteiger partial charge < -0.3 is 10.1 Å². The lowest BCUT2D eigenvalue weighted by Crippen LogP contribution is -2.17. The Morgan fingerprint density at radius 2 is 2.35 bits per heavy atom. The van der Waals surface area contributed by atoms with Crippen LogP contribution in [0.3, 0.4) is 0 Å². The summed E-state index contributed by atoms with van der Waals surface area (Å²) in [6.07, 6.45) is 7.61. The molecule has 17 heavy (non-hydrogen) atoms. The summed E-state index contributed by atoms with van der Waals surface area (Å²) >= 11 is 0. The van der Waals surface area contributed by atoms with E-state index in [-0.39, 0.29) is 0 Å². The van der Waals surface area contributed by atoms with Crippen LogP contribution in [0.25, 0.3) is 0 Å². The molecule has 1 saturated carbocycles. The second-order valence-electron chi connectivity index (χ2n) is 4.85. The third kappa shape index (κ3) is 4.84. The first-order chi connectivity index (χ1) is 8.36. The Kier molecular flexibility index (Phi) is 4.95. The molecular formula is C14H22N2O. The van der Waals surface area contributed by atoms with Crippen molar-refractivity contribution in [1.82, 2.24) is 10.3 Å². The van der Waals surface area contributed by atoms with E-state index >= 15 is 0 Å². The van der Waals surface area contributed by atoms with E-state index in [1.807, 2.05) is 12.4 Å². The molecule has 0 saturated heterocycles. The monoisotopic (exact) mass is 234 g/mol. The van der Waals surface area contributed by atoms with Crippen molar-refractivity contribution in [2.45, 2.75) is 32.7 Å². The van der Waals surface area contributed by atoms with Gasteiger partial charge in [-0.3, -0.25) is 4.98 Å². The number of rotatable bonds is 8. The molecular weight excluding hydrogens is 212 g/mol. The Labute approximate surface area is 104 Å². The van der Waals surface area contributed by atoms with Crippen LogP contribution in [0.5, 0.6) is 0 Å². The van der Waals surface area contributed by atoms with Crippen LogP contribution < -0.4 is 5.32 Å². The lowest BCUT2D eigenvalue weighted by atomic mass is 10.1. The van der Waals surface area contributed by atoms with Crippen molar-refractivity contribution in [2.24, 2.45) is 5.92 Å². The molecule has 1 aromatic rings. The van der Waals surface area contributed by atoms with Gasteiger partial charge in [0.05, 0.1) is 0 Å².